The number of carbonyl (C=O) groups excluding carboxylic acids is 2. The van der Waals surface area contributed by atoms with Crippen LogP contribution in [0.1, 0.15) is 23.7 Å². The van der Waals surface area contributed by atoms with Crippen LogP contribution in [0.25, 0.3) is 0 Å². The van der Waals surface area contributed by atoms with Gasteiger partial charge in [-0.15, -0.1) is 0 Å². The molecule has 0 bridgehead atoms. The van der Waals surface area contributed by atoms with E-state index in [-0.39, 0.29) is 24.8 Å². The lowest BCUT2D eigenvalue weighted by molar-refractivity contribution is -0.117. The zero-order valence-electron chi connectivity index (χ0n) is 11.6. The van der Waals surface area contributed by atoms with Crippen LogP contribution in [0.5, 0.6) is 0 Å². The summed E-state index contributed by atoms with van der Waals surface area (Å²) in [5.41, 5.74) is 0.738. The number of sulfonamides is 1. The topological polar surface area (TPSA) is 110 Å². The van der Waals surface area contributed by atoms with Crippen LogP contribution in [0.2, 0.25) is 0 Å². The molecule has 1 aliphatic heterocycles. The number of hydrogen-bond acceptors (Lipinski definition) is 4. The minimum atomic E-state index is -3.78. The van der Waals surface area contributed by atoms with Crippen LogP contribution in [0.4, 0.5) is 5.69 Å². The van der Waals surface area contributed by atoms with Crippen LogP contribution in [-0.4, -0.2) is 38.6 Å². The van der Waals surface area contributed by atoms with Crippen molar-refractivity contribution in [2.24, 2.45) is 5.14 Å². The molecule has 8 heteroatoms. The number of anilines is 1. The summed E-state index contributed by atoms with van der Waals surface area (Å²) < 4.78 is 22.8. The summed E-state index contributed by atoms with van der Waals surface area (Å²) in [6, 6.07) is 6.59. The van der Waals surface area contributed by atoms with Crippen molar-refractivity contribution >= 4 is 27.5 Å². The van der Waals surface area contributed by atoms with Gasteiger partial charge in [0.05, 0.1) is 11.3 Å². The lowest BCUT2D eigenvalue weighted by Gasteiger charge is -2.19. The lowest BCUT2D eigenvalue weighted by atomic mass is 10.1. The smallest absolute Gasteiger partial charge is 0.253 e. The molecule has 1 unspecified atom stereocenters. The first-order valence-corrected chi connectivity index (χ1v) is 8.14. The number of carbonyl (C=O) groups is 2. The van der Waals surface area contributed by atoms with E-state index in [0.717, 1.165) is 0 Å². The number of hydrogen-bond donors (Lipinski definition) is 2. The summed E-state index contributed by atoms with van der Waals surface area (Å²) in [6.45, 7) is 2.22. The Bertz CT molecular complexity index is 672. The zero-order chi connectivity index (χ0) is 15.6. The molecule has 114 valence electrons. The highest BCUT2D eigenvalue weighted by molar-refractivity contribution is 7.89. The minimum absolute atomic E-state index is 0.0336. The monoisotopic (exact) mass is 311 g/mol. The van der Waals surface area contributed by atoms with Gasteiger partial charge in [0.15, 0.2) is 0 Å². The average Bonchev–Trinajstić information content (AvgIpc) is 2.81. The molecule has 0 aliphatic carbocycles. The second-order valence-corrected chi connectivity index (χ2v) is 6.64. The van der Waals surface area contributed by atoms with Gasteiger partial charge < -0.3 is 10.2 Å². The van der Waals surface area contributed by atoms with E-state index in [1.807, 2.05) is 0 Å². The number of nitrogens with one attached hydrogen (secondary N) is 1. The van der Waals surface area contributed by atoms with Crippen LogP contribution in [0.15, 0.2) is 24.3 Å². The molecule has 1 aromatic carbocycles. The summed E-state index contributed by atoms with van der Waals surface area (Å²) in [4.78, 5) is 25.4. The SMILES string of the molecule is CCNC(=O)c1ccccc1N1CC(S(N)(=O)=O)CC1=O. The van der Waals surface area contributed by atoms with Crippen molar-refractivity contribution in [3.8, 4) is 0 Å². The number of nitrogens with two attached hydrogens (primary N) is 1. The maximum Gasteiger partial charge on any atom is 0.253 e. The van der Waals surface area contributed by atoms with Crippen molar-refractivity contribution in [2.45, 2.75) is 18.6 Å². The molecule has 1 heterocycles. The van der Waals surface area contributed by atoms with Crippen LogP contribution in [-0.2, 0) is 14.8 Å². The van der Waals surface area contributed by atoms with E-state index >= 15 is 0 Å². The van der Waals surface area contributed by atoms with Gasteiger partial charge in [0.1, 0.15) is 5.25 Å². The first-order chi connectivity index (χ1) is 9.84. The van der Waals surface area contributed by atoms with E-state index in [1.165, 1.54) is 4.90 Å². The Labute approximate surface area is 123 Å². The molecule has 0 aromatic heterocycles. The van der Waals surface area contributed by atoms with Gasteiger partial charge >= 0.3 is 0 Å². The zero-order valence-corrected chi connectivity index (χ0v) is 12.4. The van der Waals surface area contributed by atoms with Gasteiger partial charge in [0.2, 0.25) is 15.9 Å². The van der Waals surface area contributed by atoms with Crippen molar-refractivity contribution in [2.75, 3.05) is 18.0 Å². The Balaban J connectivity index is 2.35. The summed E-state index contributed by atoms with van der Waals surface area (Å²) in [6.07, 6.45) is -0.164. The molecule has 1 saturated heterocycles. The molecule has 3 N–H and O–H groups in total. The molecule has 0 spiro atoms. The van der Waals surface area contributed by atoms with E-state index in [0.29, 0.717) is 17.8 Å². The first kappa shape index (κ1) is 15.5. The molecular formula is C13H17N3O4S. The summed E-state index contributed by atoms with van der Waals surface area (Å²) in [5, 5.41) is 6.83. The van der Waals surface area contributed by atoms with E-state index < -0.39 is 15.3 Å². The summed E-state index contributed by atoms with van der Waals surface area (Å²) in [5.74, 6) is -0.661. The molecule has 7 nitrogen and oxygen atoms in total. The number of primary sulfonamides is 1. The van der Waals surface area contributed by atoms with Crippen molar-refractivity contribution in [1.82, 2.24) is 5.32 Å². The molecule has 1 atom stereocenters. The Morgan fingerprint density at radius 3 is 2.67 bits per heavy atom. The van der Waals surface area contributed by atoms with Gasteiger partial charge in [-0.05, 0) is 19.1 Å². The molecule has 1 aliphatic rings. The van der Waals surface area contributed by atoms with Gasteiger partial charge in [-0.25, -0.2) is 13.6 Å². The molecule has 1 aromatic rings. The standard InChI is InChI=1S/C13H17N3O4S/c1-2-15-13(18)10-5-3-4-6-11(10)16-8-9(7-12(16)17)21(14,19)20/h3-6,9H,2,7-8H2,1H3,(H,15,18)(H2,14,19,20). The number of benzene rings is 1. The van der Waals surface area contributed by atoms with Crippen molar-refractivity contribution in [3.63, 3.8) is 0 Å². The van der Waals surface area contributed by atoms with Crippen LogP contribution < -0.4 is 15.4 Å². The van der Waals surface area contributed by atoms with Crippen LogP contribution in [0.3, 0.4) is 0 Å². The van der Waals surface area contributed by atoms with Crippen molar-refractivity contribution in [1.29, 1.82) is 0 Å². The third-order valence-electron chi connectivity index (χ3n) is 3.33. The maximum absolute atomic E-state index is 12.0. The fourth-order valence-corrected chi connectivity index (χ4v) is 3.02. The predicted molar refractivity (Wildman–Crippen MR) is 78.3 cm³/mol. The largest absolute Gasteiger partial charge is 0.352 e. The number of amides is 2. The van der Waals surface area contributed by atoms with Crippen LogP contribution >= 0.6 is 0 Å². The predicted octanol–water partition coefficient (Wildman–Crippen LogP) is -0.170. The third kappa shape index (κ3) is 3.22. The van der Waals surface area contributed by atoms with E-state index in [9.17, 15) is 18.0 Å². The second kappa shape index (κ2) is 5.82. The number of nitrogens with zero attached hydrogens (tertiary/aromatic N) is 1. The number of para-hydroxylation sites is 1. The fourth-order valence-electron chi connectivity index (χ4n) is 2.28. The Morgan fingerprint density at radius 2 is 2.10 bits per heavy atom. The highest BCUT2D eigenvalue weighted by Gasteiger charge is 2.38. The Morgan fingerprint density at radius 1 is 1.43 bits per heavy atom. The highest BCUT2D eigenvalue weighted by Crippen LogP contribution is 2.27. The molecule has 2 rings (SSSR count). The van der Waals surface area contributed by atoms with Gasteiger partial charge in [0, 0.05) is 19.5 Å². The molecule has 1 fully saturated rings. The summed E-state index contributed by atoms with van der Waals surface area (Å²) >= 11 is 0. The van der Waals surface area contributed by atoms with Crippen molar-refractivity contribution < 1.29 is 18.0 Å². The maximum atomic E-state index is 12.0. The Kier molecular flexibility index (Phi) is 4.29. The molecule has 2 amide bonds. The molecule has 21 heavy (non-hydrogen) atoms. The molecule has 0 radical (unpaired) electrons. The third-order valence-corrected chi connectivity index (χ3v) is 4.58. The van der Waals surface area contributed by atoms with Gasteiger partial charge in [-0.2, -0.15) is 0 Å². The van der Waals surface area contributed by atoms with Crippen molar-refractivity contribution in [3.05, 3.63) is 29.8 Å². The van der Waals surface area contributed by atoms with Crippen LogP contribution in [0, 0.1) is 0 Å². The normalized spacial score (nSPS) is 18.9. The fraction of sp³-hybridized carbons (Fsp3) is 0.385. The van der Waals surface area contributed by atoms with Gasteiger partial charge in [0.25, 0.3) is 5.91 Å². The average molecular weight is 311 g/mol. The second-order valence-electron chi connectivity index (χ2n) is 4.80. The van der Waals surface area contributed by atoms with E-state index in [4.69, 9.17) is 5.14 Å². The first-order valence-electron chi connectivity index (χ1n) is 6.53. The minimum Gasteiger partial charge on any atom is -0.352 e. The number of rotatable bonds is 4. The summed E-state index contributed by atoms with van der Waals surface area (Å²) in [7, 11) is -3.78. The quantitative estimate of drug-likeness (QED) is 0.804. The lowest BCUT2D eigenvalue weighted by Crippen LogP contribution is -2.33. The highest BCUT2D eigenvalue weighted by atomic mass is 32.2. The van der Waals surface area contributed by atoms with E-state index in [1.54, 1.807) is 31.2 Å². The van der Waals surface area contributed by atoms with Gasteiger partial charge in [-0.3, -0.25) is 9.59 Å². The molecule has 0 saturated carbocycles. The van der Waals surface area contributed by atoms with E-state index in [2.05, 4.69) is 5.32 Å². The Hall–Kier alpha value is -1.93. The van der Waals surface area contributed by atoms with Gasteiger partial charge in [-0.1, -0.05) is 12.1 Å². The molecular weight excluding hydrogens is 294 g/mol.